The zero-order chi connectivity index (χ0) is 22.8. The van der Waals surface area contributed by atoms with E-state index in [1.807, 2.05) is 38.1 Å². The minimum Gasteiger partial charge on any atom is -0.508 e. The van der Waals surface area contributed by atoms with E-state index >= 15 is 0 Å². The monoisotopic (exact) mass is 429 g/mol. The number of benzene rings is 3. The molecule has 0 bridgehead atoms. The maximum Gasteiger partial charge on any atom is 0.412 e. The fourth-order valence-corrected chi connectivity index (χ4v) is 3.57. The van der Waals surface area contributed by atoms with Crippen LogP contribution in [0.1, 0.15) is 11.1 Å². The Morgan fingerprint density at radius 3 is 1.94 bits per heavy atom. The Morgan fingerprint density at radius 1 is 0.875 bits per heavy atom. The van der Waals surface area contributed by atoms with Crippen molar-refractivity contribution in [1.29, 1.82) is 0 Å². The molecule has 4 N–H and O–H groups in total. The molecule has 4 rings (SSSR count). The lowest BCUT2D eigenvalue weighted by atomic mass is 10.0. The first-order chi connectivity index (χ1) is 15.4. The molecule has 0 aliphatic heterocycles. The van der Waals surface area contributed by atoms with Gasteiger partial charge in [-0.2, -0.15) is 0 Å². The highest BCUT2D eigenvalue weighted by atomic mass is 16.6. The third kappa shape index (κ3) is 4.13. The van der Waals surface area contributed by atoms with Crippen LogP contribution in [0.15, 0.2) is 60.7 Å². The van der Waals surface area contributed by atoms with E-state index in [4.69, 9.17) is 9.72 Å². The molecule has 0 unspecified atom stereocenters. The second-order valence-corrected chi connectivity index (χ2v) is 7.48. The number of nitrogens with zero attached hydrogens (tertiary/aromatic N) is 1. The van der Waals surface area contributed by atoms with Gasteiger partial charge in [-0.3, -0.25) is 0 Å². The Hall–Kier alpha value is -4.26. The van der Waals surface area contributed by atoms with Gasteiger partial charge in [0.2, 0.25) is 0 Å². The number of hydrogen-bond donors (Lipinski definition) is 4. The molecule has 3 aromatic carbocycles. The van der Waals surface area contributed by atoms with Crippen LogP contribution < -0.4 is 10.1 Å². The molecule has 0 fully saturated rings. The van der Waals surface area contributed by atoms with E-state index in [-0.39, 0.29) is 11.5 Å². The average Bonchev–Trinajstić information content (AvgIpc) is 3.22. The molecule has 0 aliphatic rings. The molecule has 1 heterocycles. The van der Waals surface area contributed by atoms with Crippen LogP contribution in [0.4, 0.5) is 4.79 Å². The second kappa shape index (κ2) is 8.47. The number of H-pyrrole nitrogens is 1. The van der Waals surface area contributed by atoms with Crippen LogP contribution in [0.3, 0.4) is 0 Å². The van der Waals surface area contributed by atoms with Crippen molar-refractivity contribution in [3.05, 3.63) is 71.8 Å². The Labute approximate surface area is 185 Å². The largest absolute Gasteiger partial charge is 0.508 e. The standard InChI is InChI=1S/C25H23N3O4/c1-14-12-18(13-15(2)23(14)32-25(31)26-3)24-27-21(16-4-8-19(29)9-5-16)22(28-24)17-6-10-20(30)11-7-17/h4-13,29-30H,1-3H3,(H,26,31)(H,27,28). The van der Waals surface area contributed by atoms with Gasteiger partial charge in [0.1, 0.15) is 23.1 Å². The number of nitrogens with one attached hydrogen (secondary N) is 2. The number of ether oxygens (including phenoxy) is 1. The minimum atomic E-state index is -0.522. The lowest BCUT2D eigenvalue weighted by Gasteiger charge is -2.11. The molecule has 7 heteroatoms. The smallest absolute Gasteiger partial charge is 0.412 e. The summed E-state index contributed by atoms with van der Waals surface area (Å²) in [5.41, 5.74) is 5.64. The number of aromatic hydroxyl groups is 2. The average molecular weight is 429 g/mol. The van der Waals surface area contributed by atoms with Crippen LogP contribution in [0.5, 0.6) is 17.2 Å². The summed E-state index contributed by atoms with van der Waals surface area (Å²) in [6.07, 6.45) is -0.522. The van der Waals surface area contributed by atoms with Gasteiger partial charge in [0, 0.05) is 23.7 Å². The van der Waals surface area contributed by atoms with Crippen LogP contribution in [-0.4, -0.2) is 33.3 Å². The normalized spacial score (nSPS) is 10.7. The van der Waals surface area contributed by atoms with E-state index in [0.717, 1.165) is 33.5 Å². The van der Waals surface area contributed by atoms with E-state index in [0.29, 0.717) is 17.3 Å². The number of imidazole rings is 1. The number of amides is 1. The van der Waals surface area contributed by atoms with Crippen LogP contribution >= 0.6 is 0 Å². The Bertz CT molecular complexity index is 1190. The summed E-state index contributed by atoms with van der Waals surface area (Å²) in [5.74, 6) is 1.51. The lowest BCUT2D eigenvalue weighted by molar-refractivity contribution is 0.202. The van der Waals surface area contributed by atoms with Gasteiger partial charge < -0.3 is 25.3 Å². The highest BCUT2D eigenvalue weighted by Gasteiger charge is 2.18. The molecule has 1 aromatic heterocycles. The molecule has 0 aliphatic carbocycles. The number of aryl methyl sites for hydroxylation is 2. The van der Waals surface area contributed by atoms with Crippen LogP contribution in [0.25, 0.3) is 33.9 Å². The first kappa shape index (κ1) is 21.0. The molecule has 4 aromatic rings. The summed E-state index contributed by atoms with van der Waals surface area (Å²) < 4.78 is 5.38. The van der Waals surface area contributed by atoms with Crippen LogP contribution in [0.2, 0.25) is 0 Å². The van der Waals surface area contributed by atoms with E-state index in [2.05, 4.69) is 10.3 Å². The quantitative estimate of drug-likeness (QED) is 0.359. The van der Waals surface area contributed by atoms with Gasteiger partial charge in [0.15, 0.2) is 0 Å². The Morgan fingerprint density at radius 2 is 1.41 bits per heavy atom. The molecule has 0 spiro atoms. The molecule has 0 atom stereocenters. The molecule has 0 saturated carbocycles. The van der Waals surface area contributed by atoms with Crippen molar-refractivity contribution in [1.82, 2.24) is 15.3 Å². The highest BCUT2D eigenvalue weighted by molar-refractivity contribution is 5.82. The second-order valence-electron chi connectivity index (χ2n) is 7.48. The van der Waals surface area contributed by atoms with Gasteiger partial charge in [-0.25, -0.2) is 9.78 Å². The third-order valence-electron chi connectivity index (χ3n) is 5.13. The summed E-state index contributed by atoms with van der Waals surface area (Å²) >= 11 is 0. The van der Waals surface area contributed by atoms with Crippen LogP contribution in [-0.2, 0) is 0 Å². The zero-order valence-corrected chi connectivity index (χ0v) is 17.9. The van der Waals surface area contributed by atoms with Gasteiger partial charge in [-0.05, 0) is 85.6 Å². The zero-order valence-electron chi connectivity index (χ0n) is 17.9. The van der Waals surface area contributed by atoms with Crippen molar-refractivity contribution >= 4 is 6.09 Å². The van der Waals surface area contributed by atoms with Crippen molar-refractivity contribution in [3.63, 3.8) is 0 Å². The van der Waals surface area contributed by atoms with Crippen molar-refractivity contribution in [3.8, 4) is 51.2 Å². The van der Waals surface area contributed by atoms with Gasteiger partial charge >= 0.3 is 6.09 Å². The maximum absolute atomic E-state index is 11.7. The summed E-state index contributed by atoms with van der Waals surface area (Å²) in [6, 6.07) is 17.5. The number of aromatic amines is 1. The van der Waals surface area contributed by atoms with Gasteiger partial charge in [0.05, 0.1) is 11.4 Å². The number of carbonyl (C=O) groups is 1. The Balaban J connectivity index is 1.83. The summed E-state index contributed by atoms with van der Waals surface area (Å²) in [6.45, 7) is 3.75. The van der Waals surface area contributed by atoms with Gasteiger partial charge in [0.25, 0.3) is 0 Å². The van der Waals surface area contributed by atoms with Crippen LogP contribution in [0, 0.1) is 13.8 Å². The van der Waals surface area contributed by atoms with Crippen molar-refractivity contribution in [2.24, 2.45) is 0 Å². The molecule has 32 heavy (non-hydrogen) atoms. The fraction of sp³-hybridized carbons (Fsp3) is 0.120. The molecule has 162 valence electrons. The number of carbonyl (C=O) groups excluding carboxylic acids is 1. The maximum atomic E-state index is 11.7. The molecule has 7 nitrogen and oxygen atoms in total. The predicted molar refractivity (Wildman–Crippen MR) is 123 cm³/mol. The van der Waals surface area contributed by atoms with E-state index in [9.17, 15) is 15.0 Å². The van der Waals surface area contributed by atoms with E-state index < -0.39 is 6.09 Å². The minimum absolute atomic E-state index is 0.175. The number of phenols is 2. The number of rotatable bonds is 4. The Kier molecular flexibility index (Phi) is 5.55. The van der Waals surface area contributed by atoms with E-state index in [1.165, 1.54) is 7.05 Å². The van der Waals surface area contributed by atoms with Crippen molar-refractivity contribution in [2.75, 3.05) is 7.05 Å². The topological polar surface area (TPSA) is 107 Å². The van der Waals surface area contributed by atoms with Crippen molar-refractivity contribution in [2.45, 2.75) is 13.8 Å². The van der Waals surface area contributed by atoms with Gasteiger partial charge in [-0.15, -0.1) is 0 Å². The van der Waals surface area contributed by atoms with Gasteiger partial charge in [-0.1, -0.05) is 0 Å². The predicted octanol–water partition coefficient (Wildman–Crippen LogP) is 5.16. The molecule has 0 radical (unpaired) electrons. The summed E-state index contributed by atoms with van der Waals surface area (Å²) in [7, 11) is 1.51. The first-order valence-electron chi connectivity index (χ1n) is 10.1. The summed E-state index contributed by atoms with van der Waals surface area (Å²) in [4.78, 5) is 19.9. The molecule has 1 amide bonds. The first-order valence-corrected chi connectivity index (χ1v) is 10.1. The molecule has 0 saturated heterocycles. The van der Waals surface area contributed by atoms with Crippen molar-refractivity contribution < 1.29 is 19.7 Å². The number of phenolic OH excluding ortho intramolecular Hbond substituents is 2. The van der Waals surface area contributed by atoms with E-state index in [1.54, 1.807) is 36.4 Å². The molecular weight excluding hydrogens is 406 g/mol. The number of hydrogen-bond acceptors (Lipinski definition) is 5. The lowest BCUT2D eigenvalue weighted by Crippen LogP contribution is -2.22. The molecular formula is C25H23N3O4. The highest BCUT2D eigenvalue weighted by Crippen LogP contribution is 2.36. The third-order valence-corrected chi connectivity index (χ3v) is 5.13. The SMILES string of the molecule is CNC(=O)Oc1c(C)cc(-c2nc(-c3ccc(O)cc3)c(-c3ccc(O)cc3)[nH]2)cc1C. The number of aromatic nitrogens is 2. The summed E-state index contributed by atoms with van der Waals surface area (Å²) in [5, 5.41) is 21.8. The fourth-order valence-electron chi connectivity index (χ4n) is 3.57.